The summed E-state index contributed by atoms with van der Waals surface area (Å²) < 4.78 is 11.5. The third kappa shape index (κ3) is 5.62. The van der Waals surface area contributed by atoms with Crippen molar-refractivity contribution in [2.45, 2.75) is 142 Å². The van der Waals surface area contributed by atoms with Gasteiger partial charge in [-0.2, -0.15) is 0 Å². The first-order valence-corrected chi connectivity index (χ1v) is 17.1. The van der Waals surface area contributed by atoms with Gasteiger partial charge < -0.3 is 45.2 Å². The van der Waals surface area contributed by atoms with Gasteiger partial charge in [0.2, 0.25) is 0 Å². The van der Waals surface area contributed by atoms with Crippen molar-refractivity contribution in [2.24, 2.45) is 58.2 Å². The molecule has 1 heterocycles. The molecular formula is C34H58O10. The Kier molecular flexibility index (Phi) is 10.0. The Morgan fingerprint density at radius 3 is 2.20 bits per heavy atom. The molecule has 0 aromatic heterocycles. The number of aliphatic hydroxyl groups is 7. The molecule has 7 N–H and O–H groups in total. The molecule has 254 valence electrons. The number of carbonyl (C=O) groups excluding carboxylic acids is 1. The smallest absolute Gasteiger partial charge is 0.187 e. The minimum atomic E-state index is -1.58. The van der Waals surface area contributed by atoms with Crippen molar-refractivity contribution in [3.8, 4) is 0 Å². The molecule has 44 heavy (non-hydrogen) atoms. The molecule has 5 fully saturated rings. The van der Waals surface area contributed by atoms with Crippen LogP contribution in [0.2, 0.25) is 0 Å². The summed E-state index contributed by atoms with van der Waals surface area (Å²) in [6.07, 6.45) is -5.41. The van der Waals surface area contributed by atoms with Crippen LogP contribution < -0.4 is 0 Å². The van der Waals surface area contributed by atoms with E-state index in [2.05, 4.69) is 34.6 Å². The second-order valence-electron chi connectivity index (χ2n) is 16.2. The Morgan fingerprint density at radius 1 is 0.909 bits per heavy atom. The van der Waals surface area contributed by atoms with E-state index in [0.29, 0.717) is 18.8 Å². The molecule has 10 heteroatoms. The minimum absolute atomic E-state index is 0.00715. The van der Waals surface area contributed by atoms with Crippen LogP contribution in [0.4, 0.5) is 0 Å². The highest BCUT2D eigenvalue weighted by atomic mass is 16.7. The quantitative estimate of drug-likeness (QED) is 0.196. The average Bonchev–Trinajstić information content (AvgIpc) is 3.33. The zero-order chi connectivity index (χ0) is 32.5. The first-order valence-electron chi connectivity index (χ1n) is 17.1. The van der Waals surface area contributed by atoms with E-state index in [4.69, 9.17) is 9.47 Å². The predicted octanol–water partition coefficient (Wildman–Crippen LogP) is 1.63. The zero-order valence-corrected chi connectivity index (χ0v) is 27.3. The van der Waals surface area contributed by atoms with Crippen LogP contribution in [0.1, 0.15) is 86.5 Å². The van der Waals surface area contributed by atoms with Crippen LogP contribution in [0.25, 0.3) is 0 Å². The van der Waals surface area contributed by atoms with Gasteiger partial charge in [0.25, 0.3) is 0 Å². The highest BCUT2D eigenvalue weighted by Crippen LogP contribution is 2.68. The van der Waals surface area contributed by atoms with Crippen LogP contribution in [0.5, 0.6) is 0 Å². The van der Waals surface area contributed by atoms with Gasteiger partial charge in [0.05, 0.1) is 31.0 Å². The van der Waals surface area contributed by atoms with Gasteiger partial charge in [-0.3, -0.25) is 4.79 Å². The van der Waals surface area contributed by atoms with Gasteiger partial charge in [-0.05, 0) is 90.8 Å². The number of ketones is 1. The van der Waals surface area contributed by atoms with Crippen LogP contribution in [0, 0.1) is 58.2 Å². The molecule has 0 unspecified atom stereocenters. The van der Waals surface area contributed by atoms with E-state index in [-0.39, 0.29) is 59.0 Å². The summed E-state index contributed by atoms with van der Waals surface area (Å²) in [5, 5.41) is 74.0. The number of Topliss-reactive ketones (excluding diaryl/α,β-unsaturated/α-hetero) is 1. The van der Waals surface area contributed by atoms with Crippen molar-refractivity contribution in [3.63, 3.8) is 0 Å². The van der Waals surface area contributed by atoms with E-state index in [9.17, 15) is 40.5 Å². The molecule has 18 atom stereocenters. The molecule has 0 aromatic rings. The van der Waals surface area contributed by atoms with E-state index in [1.165, 1.54) is 0 Å². The highest BCUT2D eigenvalue weighted by Gasteiger charge is 2.64. The number of rotatable bonds is 8. The van der Waals surface area contributed by atoms with E-state index in [0.717, 1.165) is 25.7 Å². The number of aliphatic hydroxyl groups excluding tert-OH is 7. The summed E-state index contributed by atoms with van der Waals surface area (Å²) in [4.78, 5) is 13.9. The lowest BCUT2D eigenvalue weighted by molar-refractivity contribution is -0.323. The number of ether oxygens (including phenoxy) is 2. The molecule has 0 amide bonds. The third-order valence-corrected chi connectivity index (χ3v) is 13.8. The Hall–Kier alpha value is -0.690. The molecule has 4 aliphatic carbocycles. The number of carbonyl (C=O) groups is 1. The van der Waals surface area contributed by atoms with Gasteiger partial charge in [-0.25, -0.2) is 0 Å². The lowest BCUT2D eigenvalue weighted by Gasteiger charge is -2.61. The van der Waals surface area contributed by atoms with Crippen molar-refractivity contribution in [1.82, 2.24) is 0 Å². The first-order chi connectivity index (χ1) is 20.6. The number of fused-ring (bicyclic) bond motifs is 5. The van der Waals surface area contributed by atoms with Crippen LogP contribution in [-0.4, -0.2) is 103 Å². The van der Waals surface area contributed by atoms with Gasteiger partial charge in [0, 0.05) is 12.3 Å². The second kappa shape index (κ2) is 12.7. The Bertz CT molecular complexity index is 1020. The van der Waals surface area contributed by atoms with Crippen molar-refractivity contribution < 1.29 is 50.0 Å². The number of hydrogen-bond acceptors (Lipinski definition) is 10. The van der Waals surface area contributed by atoms with E-state index in [1.807, 2.05) is 6.92 Å². The maximum absolute atomic E-state index is 13.9. The molecule has 0 radical (unpaired) electrons. The predicted molar refractivity (Wildman–Crippen MR) is 161 cm³/mol. The standard InChI is InChI=1S/C34H58O10/c1-15(2)16(3)27(38)28(39)17(4)19-7-8-20-18-11-23(36)22-12-25(43-32-31(42)30(41)29(40)26(14-35)44-32)24(37)13-34(22,6)21(18)9-10-33(19,20)5/h15-22,24-32,35,37-42H,7-14H2,1-6H3/t16-,17-,18-,19+,20-,21-,22+,24+,25-,26+,27+,28+,29+,30-,31+,32+,33+,34+/m0/s1. The van der Waals surface area contributed by atoms with Crippen LogP contribution in [0.3, 0.4) is 0 Å². The molecule has 0 aromatic carbocycles. The molecule has 1 aliphatic heterocycles. The zero-order valence-electron chi connectivity index (χ0n) is 27.3. The largest absolute Gasteiger partial charge is 0.394 e. The van der Waals surface area contributed by atoms with Crippen molar-refractivity contribution in [2.75, 3.05) is 6.61 Å². The molecule has 1 saturated heterocycles. The van der Waals surface area contributed by atoms with Crippen LogP contribution in [0.15, 0.2) is 0 Å². The normalized spacial score (nSPS) is 50.4. The Labute approximate surface area is 262 Å². The van der Waals surface area contributed by atoms with E-state index < -0.39 is 67.1 Å². The molecular weight excluding hydrogens is 568 g/mol. The molecule has 5 aliphatic rings. The molecule has 0 bridgehead atoms. The van der Waals surface area contributed by atoms with E-state index >= 15 is 0 Å². The summed E-state index contributed by atoms with van der Waals surface area (Å²) in [6, 6.07) is 0. The second-order valence-corrected chi connectivity index (χ2v) is 16.2. The van der Waals surface area contributed by atoms with Gasteiger partial charge in [-0.1, -0.05) is 41.5 Å². The average molecular weight is 627 g/mol. The van der Waals surface area contributed by atoms with Crippen LogP contribution >= 0.6 is 0 Å². The van der Waals surface area contributed by atoms with E-state index in [1.54, 1.807) is 0 Å². The van der Waals surface area contributed by atoms with Crippen molar-refractivity contribution in [1.29, 1.82) is 0 Å². The maximum Gasteiger partial charge on any atom is 0.187 e. The molecule has 10 nitrogen and oxygen atoms in total. The lowest BCUT2D eigenvalue weighted by atomic mass is 9.43. The SMILES string of the molecule is CC(C)[C@H](C)[C@@H](O)[C@H](O)[C@@H](C)[C@H]1CC[C@H]2[C@@H]3CC(=O)[C@H]4C[C@H](O[C@@H]5O[C@H](CO)[C@@H](O)[C@H](O)[C@H]5O)[C@H](O)C[C@]4(C)[C@H]3CC[C@]12C. The summed E-state index contributed by atoms with van der Waals surface area (Å²) >= 11 is 0. The van der Waals surface area contributed by atoms with Crippen LogP contribution in [-0.2, 0) is 14.3 Å². The molecule has 0 spiro atoms. The highest BCUT2D eigenvalue weighted by molar-refractivity contribution is 5.83. The Morgan fingerprint density at radius 2 is 1.57 bits per heavy atom. The number of hydrogen-bond donors (Lipinski definition) is 7. The maximum atomic E-state index is 13.9. The van der Waals surface area contributed by atoms with Gasteiger partial charge in [-0.15, -0.1) is 0 Å². The van der Waals surface area contributed by atoms with Crippen molar-refractivity contribution in [3.05, 3.63) is 0 Å². The minimum Gasteiger partial charge on any atom is -0.394 e. The topological polar surface area (TPSA) is 177 Å². The fourth-order valence-corrected chi connectivity index (χ4v) is 10.7. The fraction of sp³-hybridized carbons (Fsp3) is 0.971. The van der Waals surface area contributed by atoms with Gasteiger partial charge >= 0.3 is 0 Å². The summed E-state index contributed by atoms with van der Waals surface area (Å²) in [6.45, 7) is 12.1. The molecule has 5 rings (SSSR count). The lowest BCUT2D eigenvalue weighted by Crippen LogP contribution is -2.62. The summed E-state index contributed by atoms with van der Waals surface area (Å²) in [5.41, 5.74) is -0.448. The monoisotopic (exact) mass is 626 g/mol. The fourth-order valence-electron chi connectivity index (χ4n) is 10.7. The van der Waals surface area contributed by atoms with Gasteiger partial charge in [0.1, 0.15) is 30.2 Å². The van der Waals surface area contributed by atoms with Gasteiger partial charge in [0.15, 0.2) is 6.29 Å². The Balaban J connectivity index is 1.30. The third-order valence-electron chi connectivity index (χ3n) is 13.8. The molecule has 4 saturated carbocycles. The first kappa shape index (κ1) is 34.6. The summed E-state index contributed by atoms with van der Waals surface area (Å²) in [7, 11) is 0. The van der Waals surface area contributed by atoms with Crippen molar-refractivity contribution >= 4 is 5.78 Å². The summed E-state index contributed by atoms with van der Waals surface area (Å²) in [5.74, 6) is 1.10.